The van der Waals surface area contributed by atoms with Crippen LogP contribution in [0.2, 0.25) is 0 Å². The molecule has 1 saturated carbocycles. The van der Waals surface area contributed by atoms with E-state index in [1.165, 1.54) is 11.3 Å². The minimum Gasteiger partial charge on any atom is -0.399 e. The van der Waals surface area contributed by atoms with Gasteiger partial charge in [-0.15, -0.1) is 0 Å². The van der Waals surface area contributed by atoms with Gasteiger partial charge >= 0.3 is 7.12 Å². The van der Waals surface area contributed by atoms with Crippen LogP contribution in [0, 0.1) is 5.92 Å². The number of carbonyl (C=O) groups excluding carboxylic acids is 1. The molecule has 126 valence electrons. The van der Waals surface area contributed by atoms with E-state index in [4.69, 9.17) is 9.31 Å². The second-order valence-corrected chi connectivity index (χ2v) is 8.57. The molecule has 5 nitrogen and oxygen atoms in total. The molecule has 1 aliphatic heterocycles. The zero-order valence-electron chi connectivity index (χ0n) is 14.4. The summed E-state index contributed by atoms with van der Waals surface area (Å²) >= 11 is 1.48. The maximum Gasteiger partial charge on any atom is 0.496 e. The number of aromatic nitrogens is 1. The Bertz CT molecular complexity index is 797. The molecule has 1 aliphatic carbocycles. The summed E-state index contributed by atoms with van der Waals surface area (Å²) in [5, 5.41) is 3.57. The monoisotopic (exact) mass is 344 g/mol. The van der Waals surface area contributed by atoms with Crippen LogP contribution in [0.3, 0.4) is 0 Å². The van der Waals surface area contributed by atoms with Crippen molar-refractivity contribution in [2.75, 3.05) is 5.32 Å². The Morgan fingerprint density at radius 3 is 2.54 bits per heavy atom. The Balaban J connectivity index is 1.66. The third-order valence-electron chi connectivity index (χ3n) is 5.13. The van der Waals surface area contributed by atoms with Gasteiger partial charge in [0.2, 0.25) is 5.91 Å². The summed E-state index contributed by atoms with van der Waals surface area (Å²) in [5.41, 5.74) is 1.06. The van der Waals surface area contributed by atoms with Gasteiger partial charge in [0.1, 0.15) is 0 Å². The van der Waals surface area contributed by atoms with Gasteiger partial charge in [-0.25, -0.2) is 4.98 Å². The molecule has 0 atom stereocenters. The minimum atomic E-state index is -0.425. The number of amides is 1. The van der Waals surface area contributed by atoms with Crippen LogP contribution in [0.1, 0.15) is 40.5 Å². The molecular weight excluding hydrogens is 323 g/mol. The number of nitrogens with zero attached hydrogens (tertiary/aromatic N) is 1. The van der Waals surface area contributed by atoms with E-state index in [9.17, 15) is 4.79 Å². The maximum atomic E-state index is 12.0. The lowest BCUT2D eigenvalue weighted by Gasteiger charge is -2.32. The lowest BCUT2D eigenvalue weighted by atomic mass is 9.79. The molecule has 2 heterocycles. The Kier molecular flexibility index (Phi) is 3.53. The normalized spacial score (nSPS) is 22.1. The van der Waals surface area contributed by atoms with E-state index in [2.05, 4.69) is 10.3 Å². The Labute approximate surface area is 145 Å². The molecule has 24 heavy (non-hydrogen) atoms. The third kappa shape index (κ3) is 2.64. The minimum absolute atomic E-state index is 0.0752. The average Bonchev–Trinajstić information content (AvgIpc) is 3.21. The van der Waals surface area contributed by atoms with Crippen molar-refractivity contribution in [3.05, 3.63) is 18.2 Å². The molecule has 0 radical (unpaired) electrons. The van der Waals surface area contributed by atoms with E-state index in [-0.39, 0.29) is 23.0 Å². The van der Waals surface area contributed by atoms with Crippen LogP contribution in [0.4, 0.5) is 5.13 Å². The van der Waals surface area contributed by atoms with E-state index < -0.39 is 7.12 Å². The summed E-state index contributed by atoms with van der Waals surface area (Å²) in [7, 11) is -0.425. The van der Waals surface area contributed by atoms with E-state index in [1.54, 1.807) is 0 Å². The van der Waals surface area contributed by atoms with Gasteiger partial charge in [0.25, 0.3) is 0 Å². The standard InChI is InChI=1S/C17H21BN2O3S/c1-16(2)17(3,4)23-18(22-16)11-6-5-7-12-13(11)24-15(19-12)20-14(21)10-8-9-10/h5-7,10H,8-9H2,1-4H3,(H,19,20,21). The predicted molar refractivity (Wildman–Crippen MR) is 96.7 cm³/mol. The number of anilines is 1. The number of fused-ring (bicyclic) bond motifs is 1. The molecule has 4 rings (SSSR count). The largest absolute Gasteiger partial charge is 0.496 e. The highest BCUT2D eigenvalue weighted by molar-refractivity contribution is 7.23. The zero-order valence-corrected chi connectivity index (χ0v) is 15.2. The third-order valence-corrected chi connectivity index (χ3v) is 6.17. The Morgan fingerprint density at radius 1 is 1.25 bits per heavy atom. The Morgan fingerprint density at radius 2 is 1.92 bits per heavy atom. The van der Waals surface area contributed by atoms with E-state index >= 15 is 0 Å². The number of nitrogens with one attached hydrogen (secondary N) is 1. The molecule has 2 aliphatic rings. The summed E-state index contributed by atoms with van der Waals surface area (Å²) in [6.45, 7) is 8.17. The van der Waals surface area contributed by atoms with Crippen molar-refractivity contribution < 1.29 is 14.1 Å². The van der Waals surface area contributed by atoms with Crippen molar-refractivity contribution in [2.24, 2.45) is 5.92 Å². The van der Waals surface area contributed by atoms with Gasteiger partial charge in [-0.1, -0.05) is 23.5 Å². The van der Waals surface area contributed by atoms with Gasteiger partial charge in [0.15, 0.2) is 5.13 Å². The van der Waals surface area contributed by atoms with Gasteiger partial charge < -0.3 is 14.6 Å². The quantitative estimate of drug-likeness (QED) is 0.870. The summed E-state index contributed by atoms with van der Waals surface area (Å²) in [5.74, 6) is 0.241. The Hall–Kier alpha value is -1.44. The van der Waals surface area contributed by atoms with Crippen molar-refractivity contribution in [2.45, 2.75) is 51.7 Å². The second kappa shape index (κ2) is 5.28. The molecule has 1 aromatic carbocycles. The molecule has 1 saturated heterocycles. The molecule has 2 aromatic rings. The van der Waals surface area contributed by atoms with Gasteiger partial charge in [0, 0.05) is 11.4 Å². The number of hydrogen-bond donors (Lipinski definition) is 1. The number of rotatable bonds is 3. The molecule has 1 N–H and O–H groups in total. The molecular formula is C17H21BN2O3S. The molecule has 0 spiro atoms. The van der Waals surface area contributed by atoms with E-state index in [1.807, 2.05) is 45.9 Å². The molecule has 1 aromatic heterocycles. The maximum absolute atomic E-state index is 12.0. The van der Waals surface area contributed by atoms with Gasteiger partial charge in [0.05, 0.1) is 21.4 Å². The van der Waals surface area contributed by atoms with Crippen molar-refractivity contribution in [1.82, 2.24) is 4.98 Å². The first-order chi connectivity index (χ1) is 11.3. The highest BCUT2D eigenvalue weighted by atomic mass is 32.1. The highest BCUT2D eigenvalue weighted by Gasteiger charge is 2.52. The summed E-state index contributed by atoms with van der Waals surface area (Å²) in [4.78, 5) is 16.5. The fraction of sp³-hybridized carbons (Fsp3) is 0.529. The fourth-order valence-electron chi connectivity index (χ4n) is 2.73. The van der Waals surface area contributed by atoms with Gasteiger partial charge in [-0.2, -0.15) is 0 Å². The molecule has 7 heteroatoms. The summed E-state index contributed by atoms with van der Waals surface area (Å²) in [6, 6.07) is 5.91. The smallest absolute Gasteiger partial charge is 0.399 e. The van der Waals surface area contributed by atoms with E-state index in [0.717, 1.165) is 28.5 Å². The van der Waals surface area contributed by atoms with Crippen LogP contribution in [0.25, 0.3) is 10.2 Å². The molecule has 0 unspecified atom stereocenters. The number of benzene rings is 1. The molecule has 1 amide bonds. The number of hydrogen-bond acceptors (Lipinski definition) is 5. The van der Waals surface area contributed by atoms with Crippen LogP contribution in [0.5, 0.6) is 0 Å². The van der Waals surface area contributed by atoms with Crippen LogP contribution < -0.4 is 10.8 Å². The van der Waals surface area contributed by atoms with Crippen LogP contribution in [0.15, 0.2) is 18.2 Å². The van der Waals surface area contributed by atoms with Crippen molar-refractivity contribution >= 4 is 45.2 Å². The fourth-order valence-corrected chi connectivity index (χ4v) is 3.72. The lowest BCUT2D eigenvalue weighted by molar-refractivity contribution is -0.117. The van der Waals surface area contributed by atoms with Crippen molar-refractivity contribution in [3.8, 4) is 0 Å². The molecule has 0 bridgehead atoms. The predicted octanol–water partition coefficient (Wildman–Crippen LogP) is 2.94. The average molecular weight is 344 g/mol. The number of thiazole rings is 1. The SMILES string of the molecule is CC1(C)OB(c2cccc3nc(NC(=O)C4CC4)sc23)OC1(C)C. The van der Waals surface area contributed by atoms with Crippen LogP contribution in [-0.2, 0) is 14.1 Å². The zero-order chi connectivity index (χ0) is 17.1. The van der Waals surface area contributed by atoms with Crippen LogP contribution >= 0.6 is 11.3 Å². The summed E-state index contributed by atoms with van der Waals surface area (Å²) < 4.78 is 13.3. The molecule has 2 fully saturated rings. The first kappa shape index (κ1) is 16.1. The first-order valence-electron chi connectivity index (χ1n) is 8.33. The topological polar surface area (TPSA) is 60.5 Å². The lowest BCUT2D eigenvalue weighted by Crippen LogP contribution is -2.41. The van der Waals surface area contributed by atoms with E-state index in [0.29, 0.717) is 5.13 Å². The van der Waals surface area contributed by atoms with Crippen molar-refractivity contribution in [3.63, 3.8) is 0 Å². The number of carbonyl (C=O) groups is 1. The first-order valence-corrected chi connectivity index (χ1v) is 9.14. The second-order valence-electron chi connectivity index (χ2n) is 7.57. The van der Waals surface area contributed by atoms with Gasteiger partial charge in [-0.3, -0.25) is 4.79 Å². The van der Waals surface area contributed by atoms with Crippen LogP contribution in [-0.4, -0.2) is 29.2 Å². The summed E-state index contributed by atoms with van der Waals surface area (Å²) in [6.07, 6.45) is 1.96. The highest BCUT2D eigenvalue weighted by Crippen LogP contribution is 2.38. The van der Waals surface area contributed by atoms with Gasteiger partial charge in [-0.05, 0) is 46.6 Å². The van der Waals surface area contributed by atoms with Crippen molar-refractivity contribution in [1.29, 1.82) is 0 Å².